The van der Waals surface area contributed by atoms with E-state index in [2.05, 4.69) is 22.5 Å². The molecule has 0 spiro atoms. The largest absolute Gasteiger partial charge is 0.496 e. The normalized spacial score (nSPS) is 16.5. The molecule has 0 radical (unpaired) electrons. The highest BCUT2D eigenvalue weighted by Crippen LogP contribution is 2.41. The molecule has 4 rings (SSSR count). The molecule has 122 valence electrons. The van der Waals surface area contributed by atoms with Crippen molar-refractivity contribution in [2.24, 2.45) is 0 Å². The minimum absolute atomic E-state index is 0.0836. The number of hydrogen-bond donors (Lipinski definition) is 2. The first-order chi connectivity index (χ1) is 11.6. The van der Waals surface area contributed by atoms with Gasteiger partial charge in [-0.25, -0.2) is 4.98 Å². The first-order valence-corrected chi connectivity index (χ1v) is 8.51. The fourth-order valence-corrected chi connectivity index (χ4v) is 4.34. The van der Waals surface area contributed by atoms with Crippen LogP contribution in [0.2, 0.25) is 0 Å². The van der Waals surface area contributed by atoms with Gasteiger partial charge in [-0.2, -0.15) is 0 Å². The van der Waals surface area contributed by atoms with E-state index in [1.807, 2.05) is 37.3 Å². The van der Waals surface area contributed by atoms with E-state index in [-0.39, 0.29) is 12.1 Å². The van der Waals surface area contributed by atoms with Gasteiger partial charge in [0, 0.05) is 16.6 Å². The molecule has 6 heteroatoms. The first-order valence-electron chi connectivity index (χ1n) is 7.69. The molecule has 0 bridgehead atoms. The fraction of sp³-hybridized carbons (Fsp3) is 0.222. The van der Waals surface area contributed by atoms with Gasteiger partial charge in [0.15, 0.2) is 0 Å². The van der Waals surface area contributed by atoms with Crippen molar-refractivity contribution < 1.29 is 9.53 Å². The first kappa shape index (κ1) is 15.0. The summed E-state index contributed by atoms with van der Waals surface area (Å²) in [6.45, 7) is 4.02. The second-order valence-corrected chi connectivity index (χ2v) is 6.86. The second-order valence-electron chi connectivity index (χ2n) is 5.86. The van der Waals surface area contributed by atoms with Crippen molar-refractivity contribution in [1.29, 1.82) is 0 Å². The molecule has 0 fully saturated rings. The summed E-state index contributed by atoms with van der Waals surface area (Å²) in [7, 11) is 1.63. The van der Waals surface area contributed by atoms with Gasteiger partial charge in [0.2, 0.25) is 0 Å². The SMILES string of the molecule is COc1ccccc1[C@H]1NC(=O)c2sc3nc(C)cc(C)c3c2N1. The molecule has 0 saturated carbocycles. The lowest BCUT2D eigenvalue weighted by atomic mass is 10.1. The summed E-state index contributed by atoms with van der Waals surface area (Å²) in [6.07, 6.45) is -0.334. The maximum Gasteiger partial charge on any atom is 0.265 e. The molecule has 1 atom stereocenters. The lowest BCUT2D eigenvalue weighted by Crippen LogP contribution is -2.37. The van der Waals surface area contributed by atoms with Gasteiger partial charge in [-0.1, -0.05) is 18.2 Å². The van der Waals surface area contributed by atoms with Gasteiger partial charge >= 0.3 is 0 Å². The third-order valence-electron chi connectivity index (χ3n) is 4.21. The molecule has 3 aromatic rings. The molecule has 5 nitrogen and oxygen atoms in total. The quantitative estimate of drug-likeness (QED) is 0.746. The zero-order chi connectivity index (χ0) is 16.8. The van der Waals surface area contributed by atoms with Crippen molar-refractivity contribution in [2.45, 2.75) is 20.0 Å². The molecule has 24 heavy (non-hydrogen) atoms. The second kappa shape index (κ2) is 5.49. The Kier molecular flexibility index (Phi) is 3.42. The van der Waals surface area contributed by atoms with E-state index in [0.717, 1.165) is 38.5 Å². The van der Waals surface area contributed by atoms with Gasteiger partial charge in [-0.15, -0.1) is 11.3 Å². The number of anilines is 1. The summed E-state index contributed by atoms with van der Waals surface area (Å²) in [4.78, 5) is 18.8. The van der Waals surface area contributed by atoms with Gasteiger partial charge in [0.05, 0.1) is 12.8 Å². The van der Waals surface area contributed by atoms with Crippen LogP contribution in [0.1, 0.15) is 32.7 Å². The molecule has 0 unspecified atom stereocenters. The number of nitrogens with zero attached hydrogens (tertiary/aromatic N) is 1. The standard InChI is InChI=1S/C18H17N3O2S/c1-9-8-10(2)19-18-13(9)14-15(24-18)17(22)21-16(20-14)11-6-4-5-7-12(11)23-3/h4-8,16,20H,1-3H3,(H,21,22)/t16-/m1/s1. The summed E-state index contributed by atoms with van der Waals surface area (Å²) in [5, 5.41) is 7.49. The Hall–Kier alpha value is -2.60. The van der Waals surface area contributed by atoms with Crippen LogP contribution in [0.3, 0.4) is 0 Å². The van der Waals surface area contributed by atoms with Crippen molar-refractivity contribution in [3.8, 4) is 5.75 Å². The maximum atomic E-state index is 12.6. The number of rotatable bonds is 2. The van der Waals surface area contributed by atoms with Crippen molar-refractivity contribution in [1.82, 2.24) is 10.3 Å². The minimum Gasteiger partial charge on any atom is -0.496 e. The molecule has 3 heterocycles. The van der Waals surface area contributed by atoms with E-state index in [4.69, 9.17) is 4.74 Å². The number of benzene rings is 1. The summed E-state index contributed by atoms with van der Waals surface area (Å²) in [5.74, 6) is 0.656. The summed E-state index contributed by atoms with van der Waals surface area (Å²) in [6, 6.07) is 9.73. The number of amides is 1. The van der Waals surface area contributed by atoms with Crippen LogP contribution in [-0.4, -0.2) is 18.0 Å². The van der Waals surface area contributed by atoms with E-state index >= 15 is 0 Å². The van der Waals surface area contributed by atoms with Crippen LogP contribution in [0.15, 0.2) is 30.3 Å². The monoisotopic (exact) mass is 339 g/mol. The van der Waals surface area contributed by atoms with E-state index in [1.165, 1.54) is 11.3 Å². The molecule has 1 aliphatic heterocycles. The van der Waals surface area contributed by atoms with Crippen LogP contribution in [-0.2, 0) is 0 Å². The topological polar surface area (TPSA) is 63.2 Å². The molecular weight excluding hydrogens is 322 g/mol. The Morgan fingerprint density at radius 1 is 1.21 bits per heavy atom. The minimum atomic E-state index is -0.334. The molecule has 2 N–H and O–H groups in total. The van der Waals surface area contributed by atoms with Crippen LogP contribution in [0.25, 0.3) is 10.2 Å². The van der Waals surface area contributed by atoms with Gasteiger partial charge in [0.1, 0.15) is 21.6 Å². The number of para-hydroxylation sites is 1. The van der Waals surface area contributed by atoms with Crippen LogP contribution in [0.4, 0.5) is 5.69 Å². The number of pyridine rings is 1. The Labute approximate surface area is 143 Å². The van der Waals surface area contributed by atoms with Crippen LogP contribution < -0.4 is 15.4 Å². The van der Waals surface area contributed by atoms with Crippen LogP contribution in [0, 0.1) is 13.8 Å². The average Bonchev–Trinajstić information content (AvgIpc) is 2.93. The molecular formula is C18H17N3O2S. The highest BCUT2D eigenvalue weighted by atomic mass is 32.1. The van der Waals surface area contributed by atoms with Gasteiger partial charge in [-0.05, 0) is 31.5 Å². The van der Waals surface area contributed by atoms with Crippen molar-refractivity contribution in [3.63, 3.8) is 0 Å². The highest BCUT2D eigenvalue weighted by molar-refractivity contribution is 7.21. The number of methoxy groups -OCH3 is 1. The smallest absolute Gasteiger partial charge is 0.265 e. The zero-order valence-electron chi connectivity index (χ0n) is 13.6. The summed E-state index contributed by atoms with van der Waals surface area (Å²) < 4.78 is 5.43. The summed E-state index contributed by atoms with van der Waals surface area (Å²) >= 11 is 1.43. The number of thiophene rings is 1. The van der Waals surface area contributed by atoms with Crippen LogP contribution >= 0.6 is 11.3 Å². The van der Waals surface area contributed by atoms with E-state index < -0.39 is 0 Å². The van der Waals surface area contributed by atoms with Crippen molar-refractivity contribution >= 4 is 33.1 Å². The number of carbonyl (C=O) groups excluding carboxylic acids is 1. The summed E-state index contributed by atoms with van der Waals surface area (Å²) in [5.41, 5.74) is 3.84. The van der Waals surface area contributed by atoms with Crippen LogP contribution in [0.5, 0.6) is 5.75 Å². The molecule has 0 aliphatic carbocycles. The fourth-order valence-electron chi connectivity index (χ4n) is 3.18. The van der Waals surface area contributed by atoms with Gasteiger partial charge in [0.25, 0.3) is 5.91 Å². The molecule has 0 saturated heterocycles. The third kappa shape index (κ3) is 2.22. The van der Waals surface area contributed by atoms with Crippen molar-refractivity contribution in [2.75, 3.05) is 12.4 Å². The predicted octanol–water partition coefficient (Wildman–Crippen LogP) is 3.78. The van der Waals surface area contributed by atoms with Gasteiger partial charge < -0.3 is 15.4 Å². The number of fused-ring (bicyclic) bond motifs is 3. The number of hydrogen-bond acceptors (Lipinski definition) is 5. The van der Waals surface area contributed by atoms with E-state index in [9.17, 15) is 4.79 Å². The molecule has 1 amide bonds. The molecule has 2 aromatic heterocycles. The zero-order valence-corrected chi connectivity index (χ0v) is 14.5. The third-order valence-corrected chi connectivity index (χ3v) is 5.29. The Morgan fingerprint density at radius 3 is 2.79 bits per heavy atom. The van der Waals surface area contributed by atoms with E-state index in [1.54, 1.807) is 7.11 Å². The predicted molar refractivity (Wildman–Crippen MR) is 95.9 cm³/mol. The maximum absolute atomic E-state index is 12.6. The number of aryl methyl sites for hydroxylation is 2. The van der Waals surface area contributed by atoms with Gasteiger partial charge in [-0.3, -0.25) is 4.79 Å². The average molecular weight is 339 g/mol. The number of ether oxygens (including phenoxy) is 1. The Balaban J connectivity index is 1.86. The number of aromatic nitrogens is 1. The Bertz CT molecular complexity index is 964. The Morgan fingerprint density at radius 2 is 2.00 bits per heavy atom. The van der Waals surface area contributed by atoms with Crippen molar-refractivity contribution in [3.05, 3.63) is 52.0 Å². The highest BCUT2D eigenvalue weighted by Gasteiger charge is 2.30. The lowest BCUT2D eigenvalue weighted by Gasteiger charge is -2.27. The number of nitrogens with one attached hydrogen (secondary N) is 2. The lowest BCUT2D eigenvalue weighted by molar-refractivity contribution is 0.0940. The number of carbonyl (C=O) groups is 1. The van der Waals surface area contributed by atoms with E-state index in [0.29, 0.717) is 4.88 Å². The molecule has 1 aliphatic rings. The molecule has 1 aromatic carbocycles.